The smallest absolute Gasteiger partial charge is 0.311 e. The monoisotopic (exact) mass is 590 g/mol. The minimum Gasteiger partial charge on any atom is -0.427 e. The van der Waals surface area contributed by atoms with E-state index in [0.29, 0.717) is 12.8 Å². The van der Waals surface area contributed by atoms with Crippen LogP contribution in [0.15, 0.2) is 36.4 Å². The van der Waals surface area contributed by atoms with E-state index in [1.807, 2.05) is 0 Å². The molecule has 0 heterocycles. The van der Waals surface area contributed by atoms with Gasteiger partial charge in [-0.05, 0) is 49.2 Å². The highest BCUT2D eigenvalue weighted by Gasteiger charge is 2.31. The van der Waals surface area contributed by atoms with E-state index >= 15 is 0 Å². The van der Waals surface area contributed by atoms with Crippen molar-refractivity contribution in [1.29, 1.82) is 0 Å². The zero-order chi connectivity index (χ0) is 30.9. The SMILES string of the molecule is CCCCCCCCCCCCCCC(=O)Oc1ccc2c(c1)C(=O)c1ccc(OC(=O)CCCCCCC)cc1C2=O. The first-order valence-corrected chi connectivity index (χ1v) is 16.7. The third-order valence-electron chi connectivity index (χ3n) is 8.14. The quantitative estimate of drug-likeness (QED) is 0.0697. The summed E-state index contributed by atoms with van der Waals surface area (Å²) in [6.45, 7) is 4.39. The van der Waals surface area contributed by atoms with Crippen molar-refractivity contribution < 1.29 is 28.7 Å². The van der Waals surface area contributed by atoms with E-state index in [4.69, 9.17) is 9.47 Å². The Labute approximate surface area is 257 Å². The van der Waals surface area contributed by atoms with E-state index < -0.39 is 0 Å². The topological polar surface area (TPSA) is 86.7 Å². The first kappa shape index (κ1) is 34.2. The molecule has 6 heteroatoms. The van der Waals surface area contributed by atoms with Gasteiger partial charge in [0, 0.05) is 35.1 Å². The molecule has 0 amide bonds. The summed E-state index contributed by atoms with van der Waals surface area (Å²) in [5.41, 5.74) is 0.918. The summed E-state index contributed by atoms with van der Waals surface area (Å²) in [5, 5.41) is 0. The van der Waals surface area contributed by atoms with Gasteiger partial charge in [0.15, 0.2) is 11.6 Å². The largest absolute Gasteiger partial charge is 0.427 e. The lowest BCUT2D eigenvalue weighted by molar-refractivity contribution is -0.135. The molecule has 1 aliphatic rings. The Morgan fingerprint density at radius 1 is 0.465 bits per heavy atom. The van der Waals surface area contributed by atoms with Crippen LogP contribution in [-0.4, -0.2) is 23.5 Å². The highest BCUT2D eigenvalue weighted by Crippen LogP contribution is 2.32. The zero-order valence-corrected chi connectivity index (χ0v) is 26.3. The average molecular weight is 591 g/mol. The van der Waals surface area contributed by atoms with Crippen LogP contribution in [-0.2, 0) is 9.59 Å². The van der Waals surface area contributed by atoms with Crippen molar-refractivity contribution in [1.82, 2.24) is 0 Å². The molecule has 3 rings (SSSR count). The second kappa shape index (κ2) is 19.1. The number of rotatable bonds is 21. The summed E-state index contributed by atoms with van der Waals surface area (Å²) in [6.07, 6.45) is 20.5. The molecule has 1 aliphatic carbocycles. The highest BCUT2D eigenvalue weighted by atomic mass is 16.5. The minimum absolute atomic E-state index is 0.211. The van der Waals surface area contributed by atoms with Crippen LogP contribution in [0.4, 0.5) is 0 Å². The summed E-state index contributed by atoms with van der Waals surface area (Å²) in [7, 11) is 0. The van der Waals surface area contributed by atoms with Crippen molar-refractivity contribution >= 4 is 23.5 Å². The summed E-state index contributed by atoms with van der Waals surface area (Å²) in [6, 6.07) is 9.09. The standard InChI is InChI=1S/C37H50O6/c1-3-5-7-9-10-11-12-13-14-15-17-19-21-35(39)43-29-23-25-31-33(27-29)37(41)30-24-22-28(26-32(30)36(31)40)42-34(38)20-18-16-8-6-4-2/h22-27H,3-21H2,1-2H3. The molecule has 43 heavy (non-hydrogen) atoms. The van der Waals surface area contributed by atoms with Gasteiger partial charge in [0.05, 0.1) is 0 Å². The average Bonchev–Trinajstić information content (AvgIpc) is 3.00. The fourth-order valence-corrected chi connectivity index (χ4v) is 5.58. The molecule has 0 saturated heterocycles. The van der Waals surface area contributed by atoms with Crippen molar-refractivity contribution in [3.05, 3.63) is 58.7 Å². The van der Waals surface area contributed by atoms with Crippen LogP contribution in [0.25, 0.3) is 0 Å². The predicted octanol–water partition coefficient (Wildman–Crippen LogP) is 9.72. The predicted molar refractivity (Wildman–Crippen MR) is 170 cm³/mol. The Kier molecular flexibility index (Phi) is 15.2. The van der Waals surface area contributed by atoms with Crippen LogP contribution < -0.4 is 9.47 Å². The first-order valence-electron chi connectivity index (χ1n) is 16.7. The van der Waals surface area contributed by atoms with E-state index in [-0.39, 0.29) is 57.3 Å². The molecule has 6 nitrogen and oxygen atoms in total. The molecule has 0 bridgehead atoms. The summed E-state index contributed by atoms with van der Waals surface area (Å²) < 4.78 is 11.0. The molecule has 2 aromatic carbocycles. The molecular weight excluding hydrogens is 540 g/mol. The third-order valence-corrected chi connectivity index (χ3v) is 8.14. The van der Waals surface area contributed by atoms with Gasteiger partial charge in [0.2, 0.25) is 0 Å². The van der Waals surface area contributed by atoms with E-state index in [1.54, 1.807) is 12.1 Å². The van der Waals surface area contributed by atoms with E-state index in [0.717, 1.165) is 51.4 Å². The van der Waals surface area contributed by atoms with Crippen molar-refractivity contribution in [3.63, 3.8) is 0 Å². The number of esters is 2. The molecule has 0 fully saturated rings. The molecule has 0 aromatic heterocycles. The summed E-state index contributed by atoms with van der Waals surface area (Å²) >= 11 is 0. The van der Waals surface area contributed by atoms with Crippen LogP contribution in [0, 0.1) is 0 Å². The maximum absolute atomic E-state index is 13.2. The zero-order valence-electron chi connectivity index (χ0n) is 26.3. The Bertz CT molecular complexity index is 1210. The molecule has 234 valence electrons. The minimum atomic E-state index is -0.346. The van der Waals surface area contributed by atoms with Gasteiger partial charge < -0.3 is 9.47 Å². The number of ketones is 2. The maximum atomic E-state index is 13.2. The Morgan fingerprint density at radius 2 is 0.791 bits per heavy atom. The van der Waals surface area contributed by atoms with Crippen molar-refractivity contribution in [3.8, 4) is 11.5 Å². The van der Waals surface area contributed by atoms with Gasteiger partial charge in [-0.1, -0.05) is 110 Å². The molecule has 0 unspecified atom stereocenters. The summed E-state index contributed by atoms with van der Waals surface area (Å²) in [5.74, 6) is -0.809. The van der Waals surface area contributed by atoms with Gasteiger partial charge in [-0.3, -0.25) is 19.2 Å². The van der Waals surface area contributed by atoms with Crippen LogP contribution in [0.1, 0.15) is 168 Å². The fourth-order valence-electron chi connectivity index (χ4n) is 5.58. The second-order valence-electron chi connectivity index (χ2n) is 11.8. The van der Waals surface area contributed by atoms with E-state index in [1.165, 1.54) is 82.1 Å². The van der Waals surface area contributed by atoms with Gasteiger partial charge >= 0.3 is 11.9 Å². The van der Waals surface area contributed by atoms with Crippen molar-refractivity contribution in [2.45, 2.75) is 136 Å². The van der Waals surface area contributed by atoms with E-state index in [9.17, 15) is 19.2 Å². The molecule has 0 radical (unpaired) electrons. The first-order chi connectivity index (χ1) is 20.9. The number of hydrogen-bond donors (Lipinski definition) is 0. The van der Waals surface area contributed by atoms with E-state index in [2.05, 4.69) is 13.8 Å². The Hall–Kier alpha value is -3.28. The third kappa shape index (κ3) is 11.4. The fraction of sp³-hybridized carbons (Fsp3) is 0.568. The summed E-state index contributed by atoms with van der Waals surface area (Å²) in [4.78, 5) is 51.2. The molecule has 0 saturated carbocycles. The number of benzene rings is 2. The van der Waals surface area contributed by atoms with Crippen LogP contribution in [0.3, 0.4) is 0 Å². The van der Waals surface area contributed by atoms with Gasteiger partial charge in [-0.15, -0.1) is 0 Å². The highest BCUT2D eigenvalue weighted by molar-refractivity contribution is 6.28. The number of carbonyl (C=O) groups excluding carboxylic acids is 4. The van der Waals surface area contributed by atoms with Gasteiger partial charge in [-0.25, -0.2) is 0 Å². The van der Waals surface area contributed by atoms with Gasteiger partial charge in [0.1, 0.15) is 11.5 Å². The lowest BCUT2D eigenvalue weighted by atomic mass is 9.84. The molecule has 2 aromatic rings. The molecule has 0 aliphatic heterocycles. The van der Waals surface area contributed by atoms with Gasteiger partial charge in [0.25, 0.3) is 0 Å². The van der Waals surface area contributed by atoms with Crippen LogP contribution in [0.5, 0.6) is 11.5 Å². The normalized spacial score (nSPS) is 12.1. The number of hydrogen-bond acceptors (Lipinski definition) is 6. The Balaban J connectivity index is 1.42. The van der Waals surface area contributed by atoms with Crippen molar-refractivity contribution in [2.24, 2.45) is 0 Å². The second-order valence-corrected chi connectivity index (χ2v) is 11.8. The molecular formula is C37H50O6. The van der Waals surface area contributed by atoms with Crippen LogP contribution >= 0.6 is 0 Å². The number of carbonyl (C=O) groups is 4. The maximum Gasteiger partial charge on any atom is 0.311 e. The van der Waals surface area contributed by atoms with Crippen molar-refractivity contribution in [2.75, 3.05) is 0 Å². The number of fused-ring (bicyclic) bond motifs is 2. The lowest BCUT2D eigenvalue weighted by Crippen LogP contribution is -2.21. The Morgan fingerprint density at radius 3 is 1.14 bits per heavy atom. The lowest BCUT2D eigenvalue weighted by Gasteiger charge is -2.19. The van der Waals surface area contributed by atoms with Crippen LogP contribution in [0.2, 0.25) is 0 Å². The van der Waals surface area contributed by atoms with Gasteiger partial charge in [-0.2, -0.15) is 0 Å². The molecule has 0 spiro atoms. The number of unbranched alkanes of at least 4 members (excludes halogenated alkanes) is 15. The molecule has 0 atom stereocenters. The molecule has 0 N–H and O–H groups in total. The number of ether oxygens (including phenoxy) is 2.